The molecule has 0 aromatic carbocycles. The van der Waals surface area contributed by atoms with Crippen molar-refractivity contribution in [2.75, 3.05) is 24.5 Å². The van der Waals surface area contributed by atoms with Crippen LogP contribution in [0.15, 0.2) is 17.8 Å². The van der Waals surface area contributed by atoms with Crippen molar-refractivity contribution in [2.45, 2.75) is 6.42 Å². The van der Waals surface area contributed by atoms with Crippen LogP contribution >= 0.6 is 11.3 Å². The third-order valence-electron chi connectivity index (χ3n) is 2.80. The highest BCUT2D eigenvalue weighted by molar-refractivity contribution is 7.16. The van der Waals surface area contributed by atoms with Crippen LogP contribution in [0.5, 0.6) is 0 Å². The maximum absolute atomic E-state index is 11.5. The first-order valence-electron chi connectivity index (χ1n) is 5.54. The van der Waals surface area contributed by atoms with Crippen LogP contribution in [0.3, 0.4) is 0 Å². The molecule has 0 spiro atoms. The fraction of sp³-hybridized carbons (Fsp3) is 0.364. The number of thiophene rings is 1. The zero-order chi connectivity index (χ0) is 11.7. The molecule has 6 heteroatoms. The van der Waals surface area contributed by atoms with Crippen molar-refractivity contribution in [1.82, 2.24) is 15.3 Å². The second-order valence-electron chi connectivity index (χ2n) is 3.96. The van der Waals surface area contributed by atoms with Crippen molar-refractivity contribution in [3.8, 4) is 0 Å². The molecule has 1 N–H and O–H groups in total. The second-order valence-corrected chi connectivity index (χ2v) is 4.86. The molecule has 0 saturated carbocycles. The average molecular weight is 248 g/mol. The predicted molar refractivity (Wildman–Crippen MR) is 67.3 cm³/mol. The van der Waals surface area contributed by atoms with Gasteiger partial charge in [0.25, 0.3) is 0 Å². The minimum Gasteiger partial charge on any atom is -0.354 e. The molecule has 0 aliphatic carbocycles. The first-order chi connectivity index (χ1) is 8.34. The highest BCUT2D eigenvalue weighted by Crippen LogP contribution is 2.26. The molecule has 2 aromatic rings. The van der Waals surface area contributed by atoms with Gasteiger partial charge in [-0.1, -0.05) is 0 Å². The molecular formula is C11H12N4OS. The van der Waals surface area contributed by atoms with Crippen LogP contribution in [-0.4, -0.2) is 35.5 Å². The van der Waals surface area contributed by atoms with Crippen LogP contribution in [0.4, 0.5) is 5.82 Å². The maximum Gasteiger partial charge on any atom is 0.239 e. The van der Waals surface area contributed by atoms with Crippen molar-refractivity contribution >= 4 is 33.3 Å². The molecule has 17 heavy (non-hydrogen) atoms. The number of carbonyl (C=O) groups excluding carboxylic acids is 1. The van der Waals surface area contributed by atoms with Crippen LogP contribution in [0.2, 0.25) is 0 Å². The number of aromatic nitrogens is 2. The van der Waals surface area contributed by atoms with E-state index in [-0.39, 0.29) is 5.91 Å². The van der Waals surface area contributed by atoms with E-state index in [1.807, 2.05) is 16.3 Å². The van der Waals surface area contributed by atoms with Crippen LogP contribution in [0, 0.1) is 0 Å². The van der Waals surface area contributed by atoms with Gasteiger partial charge in [0.1, 0.15) is 17.0 Å². The maximum atomic E-state index is 11.5. The molecule has 88 valence electrons. The number of nitrogens with zero attached hydrogens (tertiary/aromatic N) is 3. The first-order valence-corrected chi connectivity index (χ1v) is 6.42. The van der Waals surface area contributed by atoms with E-state index < -0.39 is 0 Å². The smallest absolute Gasteiger partial charge is 0.239 e. The molecule has 1 amide bonds. The summed E-state index contributed by atoms with van der Waals surface area (Å²) in [5.41, 5.74) is 0. The Morgan fingerprint density at radius 3 is 3.29 bits per heavy atom. The Kier molecular flexibility index (Phi) is 2.64. The third kappa shape index (κ3) is 1.95. The van der Waals surface area contributed by atoms with E-state index in [4.69, 9.17) is 0 Å². The SMILES string of the molecule is O=C1CN(c2ncnc3sccc23)CCCN1. The summed E-state index contributed by atoms with van der Waals surface area (Å²) in [6, 6.07) is 2.01. The Labute approximate surface area is 102 Å². The molecule has 1 fully saturated rings. The predicted octanol–water partition coefficient (Wildman–Crippen LogP) is 1.02. The van der Waals surface area contributed by atoms with Gasteiger partial charge >= 0.3 is 0 Å². The Bertz CT molecular complexity index is 553. The normalized spacial score (nSPS) is 16.9. The zero-order valence-electron chi connectivity index (χ0n) is 9.22. The van der Waals surface area contributed by atoms with E-state index in [0.29, 0.717) is 6.54 Å². The van der Waals surface area contributed by atoms with Crippen LogP contribution in [0.25, 0.3) is 10.2 Å². The quantitative estimate of drug-likeness (QED) is 0.818. The summed E-state index contributed by atoms with van der Waals surface area (Å²) in [7, 11) is 0. The third-order valence-corrected chi connectivity index (χ3v) is 3.62. The number of nitrogens with one attached hydrogen (secondary N) is 1. The minimum atomic E-state index is 0.0597. The Morgan fingerprint density at radius 2 is 2.35 bits per heavy atom. The number of hydrogen-bond acceptors (Lipinski definition) is 5. The van der Waals surface area contributed by atoms with Gasteiger partial charge in [-0.3, -0.25) is 4.79 Å². The summed E-state index contributed by atoms with van der Waals surface area (Å²) in [4.78, 5) is 23.1. The standard InChI is InChI=1S/C11H12N4OS/c16-9-6-15(4-1-3-12-9)10-8-2-5-17-11(8)14-7-13-10/h2,5,7H,1,3-4,6H2,(H,12,16). The molecule has 1 aliphatic heterocycles. The van der Waals surface area contributed by atoms with Crippen molar-refractivity contribution in [3.05, 3.63) is 17.8 Å². The van der Waals surface area contributed by atoms with Crippen LogP contribution < -0.4 is 10.2 Å². The molecule has 0 bridgehead atoms. The van der Waals surface area contributed by atoms with E-state index in [9.17, 15) is 4.79 Å². The summed E-state index contributed by atoms with van der Waals surface area (Å²) in [5, 5.41) is 5.90. The molecule has 5 nitrogen and oxygen atoms in total. The lowest BCUT2D eigenvalue weighted by atomic mass is 10.3. The number of rotatable bonds is 1. The molecule has 0 unspecified atom stereocenters. The lowest BCUT2D eigenvalue weighted by Crippen LogP contribution is -2.33. The molecule has 3 rings (SSSR count). The summed E-state index contributed by atoms with van der Waals surface area (Å²) in [6.45, 7) is 1.97. The fourth-order valence-electron chi connectivity index (χ4n) is 2.02. The van der Waals surface area contributed by atoms with Gasteiger partial charge in [-0.2, -0.15) is 0 Å². The average Bonchev–Trinajstić information content (AvgIpc) is 2.71. The van der Waals surface area contributed by atoms with Crippen molar-refractivity contribution in [3.63, 3.8) is 0 Å². The van der Waals surface area contributed by atoms with Gasteiger partial charge in [0.2, 0.25) is 5.91 Å². The zero-order valence-corrected chi connectivity index (χ0v) is 10.0. The second kappa shape index (κ2) is 4.29. The van der Waals surface area contributed by atoms with Crippen molar-refractivity contribution in [2.24, 2.45) is 0 Å². The van der Waals surface area contributed by atoms with E-state index in [1.165, 1.54) is 0 Å². The van der Waals surface area contributed by atoms with Crippen molar-refractivity contribution < 1.29 is 4.79 Å². The Morgan fingerprint density at radius 1 is 1.41 bits per heavy atom. The van der Waals surface area contributed by atoms with E-state index in [1.54, 1.807) is 17.7 Å². The number of carbonyl (C=O) groups is 1. The van der Waals surface area contributed by atoms with Crippen molar-refractivity contribution in [1.29, 1.82) is 0 Å². The van der Waals surface area contributed by atoms with E-state index >= 15 is 0 Å². The van der Waals surface area contributed by atoms with Gasteiger partial charge in [-0.15, -0.1) is 11.3 Å². The molecule has 0 atom stereocenters. The van der Waals surface area contributed by atoms with Crippen LogP contribution in [0.1, 0.15) is 6.42 Å². The molecule has 3 heterocycles. The highest BCUT2D eigenvalue weighted by atomic mass is 32.1. The first kappa shape index (κ1) is 10.5. The van der Waals surface area contributed by atoms with Gasteiger partial charge < -0.3 is 10.2 Å². The largest absolute Gasteiger partial charge is 0.354 e. The lowest BCUT2D eigenvalue weighted by molar-refractivity contribution is -0.119. The minimum absolute atomic E-state index is 0.0597. The Balaban J connectivity index is 2.01. The van der Waals surface area contributed by atoms with Crippen LogP contribution in [-0.2, 0) is 4.79 Å². The highest BCUT2D eigenvalue weighted by Gasteiger charge is 2.18. The van der Waals surface area contributed by atoms with Gasteiger partial charge in [-0.05, 0) is 17.9 Å². The Hall–Kier alpha value is -1.69. The molecule has 2 aromatic heterocycles. The molecule has 0 radical (unpaired) electrons. The lowest BCUT2D eigenvalue weighted by Gasteiger charge is -2.20. The monoisotopic (exact) mass is 248 g/mol. The summed E-state index contributed by atoms with van der Waals surface area (Å²) in [5.74, 6) is 0.929. The van der Waals surface area contributed by atoms with E-state index in [2.05, 4.69) is 15.3 Å². The fourth-order valence-corrected chi connectivity index (χ4v) is 2.74. The number of anilines is 1. The molecule has 1 saturated heterocycles. The summed E-state index contributed by atoms with van der Waals surface area (Å²) in [6.07, 6.45) is 2.51. The number of amides is 1. The van der Waals surface area contributed by atoms with Gasteiger partial charge in [-0.25, -0.2) is 9.97 Å². The van der Waals surface area contributed by atoms with E-state index in [0.717, 1.165) is 35.5 Å². The number of hydrogen-bond donors (Lipinski definition) is 1. The summed E-state index contributed by atoms with van der Waals surface area (Å²) < 4.78 is 0. The van der Waals surface area contributed by atoms with Gasteiger partial charge in [0.15, 0.2) is 0 Å². The number of fused-ring (bicyclic) bond motifs is 1. The molecular weight excluding hydrogens is 236 g/mol. The summed E-state index contributed by atoms with van der Waals surface area (Å²) >= 11 is 1.59. The van der Waals surface area contributed by atoms with Gasteiger partial charge in [0, 0.05) is 13.1 Å². The molecule has 1 aliphatic rings. The topological polar surface area (TPSA) is 58.1 Å². The van der Waals surface area contributed by atoms with Gasteiger partial charge in [0.05, 0.1) is 11.9 Å².